The maximum Gasteiger partial charge on any atom is 0.223 e. The SMILES string of the molecule is Cc1nc(-c2cc3cccc(C)c3nc2N2CCN(c3ccc(F)cc3)CC2)no1. The third-order valence-electron chi connectivity index (χ3n) is 5.57. The number of para-hydroxylation sites is 1. The molecular formula is C23H22FN5O. The van der Waals surface area contributed by atoms with E-state index in [0.717, 1.165) is 59.7 Å². The van der Waals surface area contributed by atoms with Gasteiger partial charge in [0.1, 0.15) is 11.6 Å². The van der Waals surface area contributed by atoms with Crippen LogP contribution in [0.25, 0.3) is 22.3 Å². The average molecular weight is 403 g/mol. The highest BCUT2D eigenvalue weighted by Crippen LogP contribution is 2.33. The lowest BCUT2D eigenvalue weighted by Crippen LogP contribution is -2.47. The Labute approximate surface area is 174 Å². The van der Waals surface area contributed by atoms with Gasteiger partial charge in [0.05, 0.1) is 11.1 Å². The van der Waals surface area contributed by atoms with Crippen molar-refractivity contribution in [1.29, 1.82) is 0 Å². The molecule has 7 heteroatoms. The highest BCUT2D eigenvalue weighted by atomic mass is 19.1. The van der Waals surface area contributed by atoms with Crippen molar-refractivity contribution < 1.29 is 8.91 Å². The number of aromatic nitrogens is 3. The summed E-state index contributed by atoms with van der Waals surface area (Å²) in [5, 5.41) is 5.20. The second-order valence-corrected chi connectivity index (χ2v) is 7.59. The number of rotatable bonds is 3. The van der Waals surface area contributed by atoms with Gasteiger partial charge in [-0.05, 0) is 42.8 Å². The van der Waals surface area contributed by atoms with Gasteiger partial charge in [-0.1, -0.05) is 23.4 Å². The molecule has 3 heterocycles. The number of hydrogen-bond donors (Lipinski definition) is 0. The Hall–Kier alpha value is -3.48. The van der Waals surface area contributed by atoms with Crippen LogP contribution in [-0.2, 0) is 0 Å². The van der Waals surface area contributed by atoms with Crippen LogP contribution in [0.2, 0.25) is 0 Å². The third kappa shape index (κ3) is 3.36. The lowest BCUT2D eigenvalue weighted by atomic mass is 10.1. The van der Waals surface area contributed by atoms with Crippen molar-refractivity contribution in [1.82, 2.24) is 15.1 Å². The van der Waals surface area contributed by atoms with Crippen molar-refractivity contribution in [3.63, 3.8) is 0 Å². The Morgan fingerprint density at radius 1 is 0.900 bits per heavy atom. The quantitative estimate of drug-likeness (QED) is 0.506. The van der Waals surface area contributed by atoms with Crippen molar-refractivity contribution in [3.8, 4) is 11.4 Å². The molecule has 1 saturated heterocycles. The smallest absolute Gasteiger partial charge is 0.223 e. The number of piperazine rings is 1. The number of hydrogen-bond acceptors (Lipinski definition) is 6. The van der Waals surface area contributed by atoms with Crippen molar-refractivity contribution in [2.75, 3.05) is 36.0 Å². The normalized spacial score (nSPS) is 14.5. The number of anilines is 2. The minimum absolute atomic E-state index is 0.215. The van der Waals surface area contributed by atoms with Gasteiger partial charge in [-0.15, -0.1) is 0 Å². The number of halogens is 1. The predicted molar refractivity (Wildman–Crippen MR) is 115 cm³/mol. The van der Waals surface area contributed by atoms with Crippen LogP contribution in [0.1, 0.15) is 11.5 Å². The van der Waals surface area contributed by atoms with Gasteiger partial charge in [0.15, 0.2) is 0 Å². The Morgan fingerprint density at radius 2 is 1.63 bits per heavy atom. The molecule has 5 rings (SSSR count). The van der Waals surface area contributed by atoms with Crippen molar-refractivity contribution in [2.45, 2.75) is 13.8 Å². The number of fused-ring (bicyclic) bond motifs is 1. The Bertz CT molecular complexity index is 1200. The lowest BCUT2D eigenvalue weighted by Gasteiger charge is -2.37. The summed E-state index contributed by atoms with van der Waals surface area (Å²) in [5.74, 6) is 1.74. The monoisotopic (exact) mass is 403 g/mol. The summed E-state index contributed by atoms with van der Waals surface area (Å²) in [4.78, 5) is 14.0. The van der Waals surface area contributed by atoms with Gasteiger partial charge in [-0.2, -0.15) is 4.98 Å². The predicted octanol–water partition coefficient (Wildman–Crippen LogP) is 4.37. The second-order valence-electron chi connectivity index (χ2n) is 7.59. The summed E-state index contributed by atoms with van der Waals surface area (Å²) in [6.45, 7) is 7.10. The molecule has 0 amide bonds. The molecule has 0 N–H and O–H groups in total. The van der Waals surface area contributed by atoms with E-state index in [-0.39, 0.29) is 5.82 Å². The topological polar surface area (TPSA) is 58.3 Å². The maximum absolute atomic E-state index is 13.3. The summed E-state index contributed by atoms with van der Waals surface area (Å²) >= 11 is 0. The molecular weight excluding hydrogens is 381 g/mol. The molecule has 0 radical (unpaired) electrons. The highest BCUT2D eigenvalue weighted by molar-refractivity contribution is 5.90. The van der Waals surface area contributed by atoms with E-state index in [2.05, 4.69) is 45.1 Å². The molecule has 2 aromatic carbocycles. The first-order valence-corrected chi connectivity index (χ1v) is 10.0. The van der Waals surface area contributed by atoms with E-state index in [9.17, 15) is 4.39 Å². The molecule has 30 heavy (non-hydrogen) atoms. The Kier molecular flexibility index (Phi) is 4.58. The van der Waals surface area contributed by atoms with Crippen molar-refractivity contribution in [3.05, 3.63) is 65.8 Å². The Balaban J connectivity index is 1.50. The summed E-state index contributed by atoms with van der Waals surface area (Å²) < 4.78 is 18.5. The molecule has 0 saturated carbocycles. The largest absolute Gasteiger partial charge is 0.368 e. The molecule has 1 aliphatic heterocycles. The van der Waals surface area contributed by atoms with Crippen molar-refractivity contribution in [2.24, 2.45) is 0 Å². The fourth-order valence-electron chi connectivity index (χ4n) is 3.98. The van der Waals surface area contributed by atoms with E-state index in [1.807, 2.05) is 18.2 Å². The molecule has 4 aromatic rings. The fraction of sp³-hybridized carbons (Fsp3) is 0.261. The minimum Gasteiger partial charge on any atom is -0.368 e. The van der Waals surface area contributed by atoms with Gasteiger partial charge in [0.2, 0.25) is 11.7 Å². The first-order valence-electron chi connectivity index (χ1n) is 10.0. The molecule has 1 aliphatic rings. The van der Waals surface area contributed by atoms with Gasteiger partial charge in [0, 0.05) is 44.2 Å². The minimum atomic E-state index is -0.215. The van der Waals surface area contributed by atoms with Gasteiger partial charge < -0.3 is 14.3 Å². The molecule has 1 fully saturated rings. The molecule has 0 bridgehead atoms. The molecule has 152 valence electrons. The van der Waals surface area contributed by atoms with Gasteiger partial charge >= 0.3 is 0 Å². The van der Waals surface area contributed by atoms with Crippen LogP contribution in [0.4, 0.5) is 15.9 Å². The van der Waals surface area contributed by atoms with Crippen LogP contribution in [0.15, 0.2) is 53.1 Å². The van der Waals surface area contributed by atoms with Crippen LogP contribution in [0.5, 0.6) is 0 Å². The second kappa shape index (κ2) is 7.40. The number of pyridine rings is 1. The molecule has 0 spiro atoms. The van der Waals surface area contributed by atoms with Crippen LogP contribution >= 0.6 is 0 Å². The van der Waals surface area contributed by atoms with E-state index in [4.69, 9.17) is 9.51 Å². The van der Waals surface area contributed by atoms with Gasteiger partial charge in [0.25, 0.3) is 0 Å². The molecule has 2 aromatic heterocycles. The summed E-state index contributed by atoms with van der Waals surface area (Å²) in [6.07, 6.45) is 0. The molecule has 0 aliphatic carbocycles. The number of benzene rings is 2. The summed E-state index contributed by atoms with van der Waals surface area (Å²) in [6, 6.07) is 14.9. The highest BCUT2D eigenvalue weighted by Gasteiger charge is 2.24. The first kappa shape index (κ1) is 18.5. The van der Waals surface area contributed by atoms with Crippen LogP contribution in [-0.4, -0.2) is 41.3 Å². The van der Waals surface area contributed by atoms with E-state index >= 15 is 0 Å². The molecule has 0 atom stereocenters. The van der Waals surface area contributed by atoms with Gasteiger partial charge in [-0.3, -0.25) is 0 Å². The third-order valence-corrected chi connectivity index (χ3v) is 5.57. The molecule has 0 unspecified atom stereocenters. The number of aryl methyl sites for hydroxylation is 2. The van der Waals surface area contributed by atoms with Crippen LogP contribution < -0.4 is 9.80 Å². The van der Waals surface area contributed by atoms with E-state index in [0.29, 0.717) is 11.7 Å². The molecule has 6 nitrogen and oxygen atoms in total. The summed E-state index contributed by atoms with van der Waals surface area (Å²) in [7, 11) is 0. The van der Waals surface area contributed by atoms with Crippen LogP contribution in [0.3, 0.4) is 0 Å². The zero-order chi connectivity index (χ0) is 20.7. The maximum atomic E-state index is 13.3. The zero-order valence-corrected chi connectivity index (χ0v) is 17.0. The lowest BCUT2D eigenvalue weighted by molar-refractivity contribution is 0.394. The number of nitrogens with zero attached hydrogens (tertiary/aromatic N) is 5. The van der Waals surface area contributed by atoms with Crippen molar-refractivity contribution >= 4 is 22.4 Å². The van der Waals surface area contributed by atoms with Crippen LogP contribution in [0, 0.1) is 19.7 Å². The fourth-order valence-corrected chi connectivity index (χ4v) is 3.98. The van der Waals surface area contributed by atoms with E-state index in [1.54, 1.807) is 6.92 Å². The summed E-state index contributed by atoms with van der Waals surface area (Å²) in [5.41, 5.74) is 4.03. The Morgan fingerprint density at radius 3 is 2.33 bits per heavy atom. The van der Waals surface area contributed by atoms with E-state index < -0.39 is 0 Å². The standard InChI is InChI=1S/C23H22FN5O/c1-15-4-3-5-17-14-20(22-25-16(2)30-27-22)23(26-21(15)17)29-12-10-28(11-13-29)19-8-6-18(24)7-9-19/h3-9,14H,10-13H2,1-2H3. The zero-order valence-electron chi connectivity index (χ0n) is 17.0. The van der Waals surface area contributed by atoms with E-state index in [1.165, 1.54) is 12.1 Å². The van der Waals surface area contributed by atoms with Gasteiger partial charge in [-0.25, -0.2) is 9.37 Å². The average Bonchev–Trinajstić information content (AvgIpc) is 3.20. The first-order chi connectivity index (χ1) is 14.6.